The van der Waals surface area contributed by atoms with Crippen LogP contribution in [0, 0.1) is 5.92 Å². The third-order valence-corrected chi connectivity index (χ3v) is 6.05. The van der Waals surface area contributed by atoms with E-state index in [0.717, 1.165) is 24.1 Å². The van der Waals surface area contributed by atoms with Crippen molar-refractivity contribution < 1.29 is 23.8 Å². The second-order valence-electron chi connectivity index (χ2n) is 7.43. The van der Waals surface area contributed by atoms with Crippen molar-refractivity contribution in [2.75, 3.05) is 27.8 Å². The maximum absolute atomic E-state index is 12.7. The number of likely N-dealkylation sites (tertiary alicyclic amines) is 1. The molecule has 26 heavy (non-hydrogen) atoms. The fraction of sp³-hybridized carbons (Fsp3) is 0.500. The molecule has 0 saturated carbocycles. The van der Waals surface area contributed by atoms with Crippen LogP contribution in [0.1, 0.15) is 24.5 Å². The molecule has 6 nitrogen and oxygen atoms in total. The quantitative estimate of drug-likeness (QED) is 0.608. The Kier molecular flexibility index (Phi) is 3.84. The van der Waals surface area contributed by atoms with E-state index in [1.54, 1.807) is 7.11 Å². The number of likely N-dealkylation sites (N-methyl/N-ethyl adjacent to an activating group) is 1. The second kappa shape index (κ2) is 5.84. The van der Waals surface area contributed by atoms with Gasteiger partial charge in [-0.2, -0.15) is 0 Å². The smallest absolute Gasteiger partial charge is 0.308 e. The van der Waals surface area contributed by atoms with Crippen LogP contribution in [0.4, 0.5) is 0 Å². The Balaban J connectivity index is 1.97. The van der Waals surface area contributed by atoms with Crippen molar-refractivity contribution >= 4 is 11.8 Å². The van der Waals surface area contributed by atoms with E-state index >= 15 is 0 Å². The summed E-state index contributed by atoms with van der Waals surface area (Å²) in [7, 11) is 5.19. The van der Waals surface area contributed by atoms with Crippen molar-refractivity contribution in [2.45, 2.75) is 31.2 Å². The number of nitrogens with zero attached hydrogens (tertiary/aromatic N) is 1. The molecular weight excluding hydrogens is 334 g/mol. The molecule has 3 aliphatic rings. The van der Waals surface area contributed by atoms with Gasteiger partial charge in [0.1, 0.15) is 0 Å². The number of hydrogen-bond donors (Lipinski definition) is 0. The van der Waals surface area contributed by atoms with Gasteiger partial charge >= 0.3 is 5.97 Å². The van der Waals surface area contributed by atoms with E-state index in [0.29, 0.717) is 29.7 Å². The fourth-order valence-electron chi connectivity index (χ4n) is 5.13. The summed E-state index contributed by atoms with van der Waals surface area (Å²) in [5, 5.41) is 0. The zero-order chi connectivity index (χ0) is 18.6. The first kappa shape index (κ1) is 17.1. The van der Waals surface area contributed by atoms with Gasteiger partial charge in [-0.25, -0.2) is 0 Å². The molecule has 1 fully saturated rings. The van der Waals surface area contributed by atoms with Crippen LogP contribution in [0.5, 0.6) is 11.5 Å². The number of carbonyl (C=O) groups is 2. The average Bonchev–Trinajstić information content (AvgIpc) is 2.78. The summed E-state index contributed by atoms with van der Waals surface area (Å²) in [6, 6.07) is 4.17. The molecule has 0 amide bonds. The van der Waals surface area contributed by atoms with E-state index in [2.05, 4.69) is 11.9 Å². The lowest BCUT2D eigenvalue weighted by Gasteiger charge is -2.43. The number of ketones is 1. The van der Waals surface area contributed by atoms with Crippen LogP contribution in [-0.2, 0) is 26.2 Å². The summed E-state index contributed by atoms with van der Waals surface area (Å²) >= 11 is 0. The molecule has 1 aliphatic heterocycles. The highest BCUT2D eigenvalue weighted by Gasteiger charge is 2.59. The van der Waals surface area contributed by atoms with E-state index in [1.165, 1.54) is 14.0 Å². The van der Waals surface area contributed by atoms with Crippen LogP contribution >= 0.6 is 0 Å². The van der Waals surface area contributed by atoms with Crippen molar-refractivity contribution in [2.24, 2.45) is 5.92 Å². The lowest BCUT2D eigenvalue weighted by molar-refractivity contribution is -0.132. The molecule has 0 spiro atoms. The van der Waals surface area contributed by atoms with Gasteiger partial charge in [-0.3, -0.25) is 9.59 Å². The summed E-state index contributed by atoms with van der Waals surface area (Å²) in [4.78, 5) is 26.8. The standard InChI is InChI=1S/C20H23NO5/c1-11(22)26-19-16(24-3)6-5-12-7-14-13-8-17(25-4)15(23)9-20(13,18(12)19)10-21(14)2/h5-6,8,13-14H,7,9-10H2,1-4H3/t13?,14-,20-/m0/s1. The van der Waals surface area contributed by atoms with Gasteiger partial charge < -0.3 is 19.1 Å². The first-order valence-corrected chi connectivity index (χ1v) is 8.79. The molecule has 1 saturated heterocycles. The van der Waals surface area contributed by atoms with Crippen molar-refractivity contribution in [1.29, 1.82) is 0 Å². The molecule has 3 atom stereocenters. The first-order chi connectivity index (χ1) is 12.4. The molecule has 1 heterocycles. The molecule has 138 valence electrons. The number of fused-ring (bicyclic) bond motifs is 1. The number of hydrogen-bond acceptors (Lipinski definition) is 6. The fourth-order valence-corrected chi connectivity index (χ4v) is 5.13. The molecule has 2 aliphatic carbocycles. The summed E-state index contributed by atoms with van der Waals surface area (Å²) in [5.41, 5.74) is 1.64. The van der Waals surface area contributed by atoms with Gasteiger partial charge in [0.2, 0.25) is 0 Å². The van der Waals surface area contributed by atoms with Crippen LogP contribution in [0.25, 0.3) is 0 Å². The van der Waals surface area contributed by atoms with E-state index in [1.807, 2.05) is 18.2 Å². The van der Waals surface area contributed by atoms with Crippen LogP contribution in [0.3, 0.4) is 0 Å². The molecule has 6 heteroatoms. The Labute approximate surface area is 152 Å². The molecule has 0 radical (unpaired) electrons. The number of esters is 1. The third-order valence-electron chi connectivity index (χ3n) is 6.05. The normalized spacial score (nSPS) is 29.5. The minimum Gasteiger partial charge on any atom is -0.493 e. The number of allylic oxidation sites excluding steroid dienone is 1. The predicted molar refractivity (Wildman–Crippen MR) is 94.3 cm³/mol. The van der Waals surface area contributed by atoms with Gasteiger partial charge in [0, 0.05) is 42.8 Å². The largest absolute Gasteiger partial charge is 0.493 e. The highest BCUT2D eigenvalue weighted by atomic mass is 16.6. The highest BCUT2D eigenvalue weighted by molar-refractivity contribution is 5.96. The molecule has 1 unspecified atom stereocenters. The number of benzene rings is 1. The van der Waals surface area contributed by atoms with Crippen molar-refractivity contribution in [3.63, 3.8) is 0 Å². The second-order valence-corrected chi connectivity index (χ2v) is 7.43. The van der Waals surface area contributed by atoms with Gasteiger partial charge in [-0.05, 0) is 31.2 Å². The summed E-state index contributed by atoms with van der Waals surface area (Å²) in [6.07, 6.45) is 3.14. The van der Waals surface area contributed by atoms with Crippen LogP contribution in [-0.4, -0.2) is 50.5 Å². The number of Topliss-reactive ketones (excluding diaryl/α,β-unsaturated/α-hetero) is 1. The molecular formula is C20H23NO5. The van der Waals surface area contributed by atoms with Crippen LogP contribution in [0.15, 0.2) is 24.0 Å². The molecule has 2 bridgehead atoms. The number of ether oxygens (including phenoxy) is 3. The lowest BCUT2D eigenvalue weighted by atomic mass is 9.59. The highest BCUT2D eigenvalue weighted by Crippen LogP contribution is 2.58. The summed E-state index contributed by atoms with van der Waals surface area (Å²) in [5.74, 6) is 1.14. The predicted octanol–water partition coefficient (Wildman–Crippen LogP) is 1.85. The molecule has 4 rings (SSSR count). The van der Waals surface area contributed by atoms with Gasteiger partial charge in [-0.1, -0.05) is 6.07 Å². The van der Waals surface area contributed by atoms with Gasteiger partial charge in [0.15, 0.2) is 23.0 Å². The van der Waals surface area contributed by atoms with Crippen molar-refractivity contribution in [3.05, 3.63) is 35.1 Å². The first-order valence-electron chi connectivity index (χ1n) is 8.79. The minimum atomic E-state index is -0.425. The Morgan fingerprint density at radius 2 is 2.04 bits per heavy atom. The number of carbonyl (C=O) groups excluding carboxylic acids is 2. The van der Waals surface area contributed by atoms with E-state index in [9.17, 15) is 9.59 Å². The molecule has 0 N–H and O–H groups in total. The van der Waals surface area contributed by atoms with Crippen LogP contribution < -0.4 is 9.47 Å². The van der Waals surface area contributed by atoms with Crippen molar-refractivity contribution in [3.8, 4) is 11.5 Å². The minimum absolute atomic E-state index is 0.0118. The monoisotopic (exact) mass is 357 g/mol. The zero-order valence-electron chi connectivity index (χ0n) is 15.5. The van der Waals surface area contributed by atoms with E-state index in [-0.39, 0.29) is 11.7 Å². The van der Waals surface area contributed by atoms with Gasteiger partial charge in [-0.15, -0.1) is 0 Å². The average molecular weight is 357 g/mol. The number of rotatable bonds is 3. The SMILES string of the molecule is COC1=CC2[C@@H]3Cc4ccc(OC)c(OC(C)=O)c4[C@@]2(CC1=O)CN3C. The van der Waals surface area contributed by atoms with E-state index < -0.39 is 11.4 Å². The third kappa shape index (κ3) is 2.21. The van der Waals surface area contributed by atoms with E-state index in [4.69, 9.17) is 14.2 Å². The Morgan fingerprint density at radius 1 is 1.27 bits per heavy atom. The van der Waals surface area contributed by atoms with Gasteiger partial charge in [0.05, 0.1) is 14.2 Å². The Hall–Kier alpha value is -2.34. The molecule has 1 aromatic carbocycles. The van der Waals surface area contributed by atoms with Crippen molar-refractivity contribution in [1.82, 2.24) is 4.90 Å². The number of methoxy groups -OCH3 is 2. The lowest BCUT2D eigenvalue weighted by Crippen LogP contribution is -2.46. The molecule has 1 aromatic rings. The topological polar surface area (TPSA) is 65.1 Å². The Bertz CT molecular complexity index is 830. The summed E-state index contributed by atoms with van der Waals surface area (Å²) in [6.45, 7) is 2.12. The summed E-state index contributed by atoms with van der Waals surface area (Å²) < 4.78 is 16.4. The Morgan fingerprint density at radius 3 is 2.69 bits per heavy atom. The maximum atomic E-state index is 12.7. The molecule has 0 aromatic heterocycles. The van der Waals surface area contributed by atoms with Gasteiger partial charge in [0.25, 0.3) is 0 Å². The zero-order valence-corrected chi connectivity index (χ0v) is 15.5. The van der Waals surface area contributed by atoms with Crippen LogP contribution in [0.2, 0.25) is 0 Å². The maximum Gasteiger partial charge on any atom is 0.308 e.